The molecule has 188 valence electrons. The van der Waals surface area contributed by atoms with E-state index in [2.05, 4.69) is 9.78 Å². The van der Waals surface area contributed by atoms with Crippen molar-refractivity contribution in [3.63, 3.8) is 0 Å². The normalized spacial score (nSPS) is 16.3. The fourth-order valence-electron chi connectivity index (χ4n) is 3.97. The van der Waals surface area contributed by atoms with Crippen LogP contribution in [-0.2, 0) is 19.1 Å². The number of hydrogen-bond acceptors (Lipinski definition) is 6. The van der Waals surface area contributed by atoms with E-state index < -0.39 is 31.7 Å². The summed E-state index contributed by atoms with van der Waals surface area (Å²) in [7, 11) is -4.06. The first kappa shape index (κ1) is 26.1. The summed E-state index contributed by atoms with van der Waals surface area (Å²) in [4.78, 5) is 36.1. The Bertz CT molecular complexity index is 1370. The van der Waals surface area contributed by atoms with E-state index in [9.17, 15) is 23.7 Å². The van der Waals surface area contributed by atoms with E-state index in [-0.39, 0.29) is 11.7 Å². The van der Waals surface area contributed by atoms with Gasteiger partial charge in [0.1, 0.15) is 5.82 Å². The molecule has 7 nitrogen and oxygen atoms in total. The third-order valence-corrected chi connectivity index (χ3v) is 7.21. The molecule has 1 saturated heterocycles. The molecule has 0 saturated carbocycles. The molecule has 1 aliphatic heterocycles. The molecule has 0 bridgehead atoms. The number of aryl methyl sites for hydroxylation is 1. The number of rotatable bonds is 9. The number of halogens is 1. The van der Waals surface area contributed by atoms with Crippen LogP contribution >= 0.6 is 7.37 Å². The van der Waals surface area contributed by atoms with Crippen molar-refractivity contribution >= 4 is 19.2 Å². The summed E-state index contributed by atoms with van der Waals surface area (Å²) in [5.41, 5.74) is 5.42. The second-order valence-corrected chi connectivity index (χ2v) is 11.3. The molecule has 0 radical (unpaired) electrons. The average Bonchev–Trinajstić information content (AvgIpc) is 3.53. The minimum atomic E-state index is -4.06. The zero-order valence-corrected chi connectivity index (χ0v) is 21.0. The summed E-state index contributed by atoms with van der Waals surface area (Å²) < 4.78 is 26.5. The topological polar surface area (TPSA) is 113 Å². The van der Waals surface area contributed by atoms with E-state index in [1.807, 2.05) is 51.1 Å². The largest absolute Gasteiger partial charge is 0.344 e. The predicted molar refractivity (Wildman–Crippen MR) is 134 cm³/mol. The molecule has 0 amide bonds. The van der Waals surface area contributed by atoms with Gasteiger partial charge in [0.05, 0.1) is 24.0 Å². The van der Waals surface area contributed by atoms with Gasteiger partial charge in [-0.2, -0.15) is 9.78 Å². The molecule has 36 heavy (non-hydrogen) atoms. The Hall–Kier alpha value is -3.00. The van der Waals surface area contributed by atoms with Crippen LogP contribution in [0.5, 0.6) is 0 Å². The lowest BCUT2D eigenvalue weighted by Crippen LogP contribution is -2.17. The molecule has 2 aromatic carbocycles. The first-order chi connectivity index (χ1) is 17.0. The van der Waals surface area contributed by atoms with Gasteiger partial charge in [-0.1, -0.05) is 50.2 Å². The molecule has 1 atom stereocenters. The Morgan fingerprint density at radius 3 is 2.42 bits per heavy atom. The Balaban J connectivity index is 1.80. The maximum absolute atomic E-state index is 13.7. The van der Waals surface area contributed by atoms with Crippen LogP contribution in [0.15, 0.2) is 60.4 Å². The van der Waals surface area contributed by atoms with Gasteiger partial charge in [0, 0.05) is 16.9 Å². The Kier molecular flexibility index (Phi) is 7.36. The monoisotopic (exact) mass is 511 g/mol. The quantitative estimate of drug-likeness (QED) is 0.212. The van der Waals surface area contributed by atoms with Gasteiger partial charge in [0.25, 0.3) is 0 Å². The molecule has 0 spiro atoms. The van der Waals surface area contributed by atoms with Crippen LogP contribution in [0.1, 0.15) is 43.0 Å². The van der Waals surface area contributed by atoms with Crippen molar-refractivity contribution in [2.75, 3.05) is 6.16 Å². The van der Waals surface area contributed by atoms with Gasteiger partial charge in [-0.25, -0.2) is 4.39 Å². The van der Waals surface area contributed by atoms with Gasteiger partial charge < -0.3 is 10.00 Å². The highest BCUT2D eigenvalue weighted by Crippen LogP contribution is 2.45. The second-order valence-electron chi connectivity index (χ2n) is 9.15. The highest BCUT2D eigenvalue weighted by Gasteiger charge is 2.49. The molecule has 0 aliphatic carbocycles. The van der Waals surface area contributed by atoms with E-state index in [0.717, 1.165) is 22.6 Å². The minimum absolute atomic E-state index is 0.0501. The molecular formula is C27H27FNO6P. The number of pyridine rings is 1. The van der Waals surface area contributed by atoms with Crippen LogP contribution in [0.4, 0.5) is 4.39 Å². The molecule has 9 heteroatoms. The fourth-order valence-corrected chi connectivity index (χ4v) is 5.07. The Labute approximate surface area is 208 Å². The van der Waals surface area contributed by atoms with E-state index >= 15 is 0 Å². The molecule has 1 aromatic heterocycles. The van der Waals surface area contributed by atoms with Crippen molar-refractivity contribution in [1.82, 2.24) is 4.98 Å². The third-order valence-electron chi connectivity index (χ3n) is 5.78. The van der Waals surface area contributed by atoms with Crippen molar-refractivity contribution in [3.8, 4) is 22.4 Å². The molecule has 2 heterocycles. The lowest BCUT2D eigenvalue weighted by atomic mass is 9.92. The van der Waals surface area contributed by atoms with Crippen LogP contribution in [0.3, 0.4) is 0 Å². The van der Waals surface area contributed by atoms with E-state index in [0.29, 0.717) is 22.4 Å². The lowest BCUT2D eigenvalue weighted by Gasteiger charge is -2.18. The van der Waals surface area contributed by atoms with E-state index in [1.165, 1.54) is 18.2 Å². The molecule has 4 rings (SSSR count). The summed E-state index contributed by atoms with van der Waals surface area (Å²) in [6.45, 7) is 5.92. The second kappa shape index (κ2) is 10.2. The van der Waals surface area contributed by atoms with Crippen LogP contribution in [-0.4, -0.2) is 32.9 Å². The molecular weight excluding hydrogens is 484 g/mol. The lowest BCUT2D eigenvalue weighted by molar-refractivity contribution is -0.122. The summed E-state index contributed by atoms with van der Waals surface area (Å²) in [6.07, 6.45) is 0.266. The number of hydrogen-bond donors (Lipinski definition) is 2. The number of ketones is 1. The van der Waals surface area contributed by atoms with Crippen molar-refractivity contribution in [3.05, 3.63) is 83.1 Å². The Morgan fingerprint density at radius 1 is 1.14 bits per heavy atom. The molecule has 2 N–H and O–H groups in total. The number of Topliss-reactive ketones (excluding diaryl/α,β-unsaturated/α-hetero) is 1. The van der Waals surface area contributed by atoms with Crippen molar-refractivity contribution < 1.29 is 33.5 Å². The fraction of sp³-hybridized carbons (Fsp3) is 0.259. The van der Waals surface area contributed by atoms with Gasteiger partial charge in [-0.3, -0.25) is 14.3 Å². The number of benzene rings is 2. The number of aromatic nitrogens is 1. The predicted octanol–water partition coefficient (Wildman–Crippen LogP) is 5.79. The summed E-state index contributed by atoms with van der Waals surface area (Å²) in [5.74, 6) is -2.01. The first-order valence-corrected chi connectivity index (χ1v) is 13.4. The maximum Gasteiger partial charge on any atom is 0.344 e. The van der Waals surface area contributed by atoms with Gasteiger partial charge in [0.2, 0.25) is 7.37 Å². The SMILES string of the molecule is Cc1ccccc1-c1cc(-c2ccc(F)cc2)c(C=CP(=O)(O)CC(=O)CC2(O)OO2)c(C(C)C)n1. The number of nitrogens with zero attached hydrogens (tertiary/aromatic N) is 1. The van der Waals surface area contributed by atoms with Crippen LogP contribution < -0.4 is 0 Å². The van der Waals surface area contributed by atoms with Crippen molar-refractivity contribution in [1.29, 1.82) is 0 Å². The van der Waals surface area contributed by atoms with Gasteiger partial charge in [-0.15, -0.1) is 0 Å². The minimum Gasteiger partial charge on any atom is -0.341 e. The molecule has 1 fully saturated rings. The van der Waals surface area contributed by atoms with Gasteiger partial charge in [0.15, 0.2) is 5.78 Å². The van der Waals surface area contributed by atoms with Gasteiger partial charge in [-0.05, 0) is 53.8 Å². The average molecular weight is 511 g/mol. The van der Waals surface area contributed by atoms with E-state index in [4.69, 9.17) is 4.98 Å². The highest BCUT2D eigenvalue weighted by molar-refractivity contribution is 7.62. The third kappa shape index (κ3) is 6.22. The summed E-state index contributed by atoms with van der Waals surface area (Å²) >= 11 is 0. The van der Waals surface area contributed by atoms with Crippen LogP contribution in [0.2, 0.25) is 0 Å². The number of aliphatic hydroxyl groups is 1. The number of carbonyl (C=O) groups excluding carboxylic acids is 1. The maximum atomic E-state index is 13.7. The summed E-state index contributed by atoms with van der Waals surface area (Å²) in [5, 5.41) is 9.53. The first-order valence-electron chi connectivity index (χ1n) is 11.4. The number of carbonyl (C=O) groups is 1. The van der Waals surface area contributed by atoms with Crippen LogP contribution in [0.25, 0.3) is 28.5 Å². The summed E-state index contributed by atoms with van der Waals surface area (Å²) in [6, 6.07) is 15.7. The van der Waals surface area contributed by atoms with Gasteiger partial charge >= 0.3 is 5.97 Å². The zero-order valence-electron chi connectivity index (χ0n) is 20.1. The molecule has 1 aliphatic rings. The molecule has 3 aromatic rings. The van der Waals surface area contributed by atoms with Crippen LogP contribution in [0, 0.1) is 12.7 Å². The van der Waals surface area contributed by atoms with Crippen molar-refractivity contribution in [2.24, 2.45) is 0 Å². The van der Waals surface area contributed by atoms with E-state index in [1.54, 1.807) is 12.1 Å². The smallest absolute Gasteiger partial charge is 0.341 e. The standard InChI is InChI=1S/C27H27FNO6P/c1-17(2)26-23(12-13-36(32,33)16-21(30)15-27(31)34-35-27)24(19-8-10-20(28)11-9-19)14-25(29-26)22-7-5-4-6-18(22)3/h4-14,17,31H,15-16H2,1-3H3,(H,32,33). The van der Waals surface area contributed by atoms with Crippen molar-refractivity contribution in [2.45, 2.75) is 39.1 Å². The highest BCUT2D eigenvalue weighted by atomic mass is 31.2. The Morgan fingerprint density at radius 2 is 1.81 bits per heavy atom. The zero-order chi connectivity index (χ0) is 26.1. The molecule has 1 unspecified atom stereocenters.